The number of ether oxygens (including phenoxy) is 1. The number of amides is 1. The smallest absolute Gasteiger partial charge is 0.256 e. The van der Waals surface area contributed by atoms with Gasteiger partial charge in [-0.2, -0.15) is 5.10 Å². The molecule has 0 fully saturated rings. The average molecular weight is 325 g/mol. The number of benzene rings is 2. The number of aromatic nitrogens is 2. The summed E-state index contributed by atoms with van der Waals surface area (Å²) in [7, 11) is 1.58. The van der Waals surface area contributed by atoms with Crippen molar-refractivity contribution in [3.63, 3.8) is 0 Å². The summed E-state index contributed by atoms with van der Waals surface area (Å²) in [6.07, 6.45) is 3.04. The number of nitrogens with zero attached hydrogens (tertiary/aromatic N) is 2. The van der Waals surface area contributed by atoms with E-state index in [0.717, 1.165) is 5.56 Å². The number of carbonyl (C=O) groups is 1. The van der Waals surface area contributed by atoms with E-state index in [1.165, 1.54) is 16.9 Å². The van der Waals surface area contributed by atoms with Crippen LogP contribution in [0.15, 0.2) is 60.9 Å². The lowest BCUT2D eigenvalue weighted by atomic mass is 10.1. The molecule has 0 unspecified atom stereocenters. The topological polar surface area (TPSA) is 56.1 Å². The summed E-state index contributed by atoms with van der Waals surface area (Å²) in [5.74, 6) is -0.653. The molecule has 3 aromatic rings. The van der Waals surface area contributed by atoms with Crippen molar-refractivity contribution in [3.05, 3.63) is 77.9 Å². The number of rotatable bonds is 5. The van der Waals surface area contributed by atoms with E-state index in [-0.39, 0.29) is 11.7 Å². The zero-order valence-electron chi connectivity index (χ0n) is 13.1. The molecule has 5 nitrogen and oxygen atoms in total. The molecule has 1 amide bonds. The number of hydrogen-bond acceptors (Lipinski definition) is 3. The predicted octanol–water partition coefficient (Wildman–Crippen LogP) is 3.41. The largest absolute Gasteiger partial charge is 0.380 e. The second-order valence-corrected chi connectivity index (χ2v) is 5.17. The van der Waals surface area contributed by atoms with Gasteiger partial charge >= 0.3 is 0 Å². The Balaban J connectivity index is 1.80. The lowest BCUT2D eigenvalue weighted by Gasteiger charge is -2.08. The Morgan fingerprint density at radius 1 is 1.21 bits per heavy atom. The molecule has 1 N–H and O–H groups in total. The van der Waals surface area contributed by atoms with Gasteiger partial charge in [-0.1, -0.05) is 30.3 Å². The van der Waals surface area contributed by atoms with Gasteiger partial charge in [0.25, 0.3) is 5.91 Å². The SMILES string of the molecule is COCc1ccccc1C(=O)Nc1cnn(-c2ccccc2F)c1. The molecule has 24 heavy (non-hydrogen) atoms. The number of nitrogens with one attached hydrogen (secondary N) is 1. The summed E-state index contributed by atoms with van der Waals surface area (Å²) < 4.78 is 20.3. The summed E-state index contributed by atoms with van der Waals surface area (Å²) in [5.41, 5.74) is 2.12. The number of halogens is 1. The fourth-order valence-corrected chi connectivity index (χ4v) is 2.38. The van der Waals surface area contributed by atoms with Crippen molar-refractivity contribution in [2.45, 2.75) is 6.61 Å². The molecule has 2 aromatic carbocycles. The van der Waals surface area contributed by atoms with Crippen molar-refractivity contribution in [2.75, 3.05) is 12.4 Å². The highest BCUT2D eigenvalue weighted by molar-refractivity contribution is 6.05. The molecule has 1 aromatic heterocycles. The second-order valence-electron chi connectivity index (χ2n) is 5.17. The first-order chi connectivity index (χ1) is 11.7. The molecule has 0 atom stereocenters. The number of methoxy groups -OCH3 is 1. The van der Waals surface area contributed by atoms with Gasteiger partial charge in [0.15, 0.2) is 0 Å². The molecule has 0 aliphatic carbocycles. The Morgan fingerprint density at radius 2 is 1.96 bits per heavy atom. The van der Waals surface area contributed by atoms with E-state index in [1.54, 1.807) is 43.6 Å². The summed E-state index contributed by atoms with van der Waals surface area (Å²) in [4.78, 5) is 12.4. The van der Waals surface area contributed by atoms with E-state index in [1.807, 2.05) is 12.1 Å². The van der Waals surface area contributed by atoms with Gasteiger partial charge in [-0.05, 0) is 23.8 Å². The molecule has 0 saturated heterocycles. The van der Waals surface area contributed by atoms with Crippen LogP contribution in [0.3, 0.4) is 0 Å². The maximum absolute atomic E-state index is 13.8. The summed E-state index contributed by atoms with van der Waals surface area (Å²) in [5, 5.41) is 6.86. The van der Waals surface area contributed by atoms with E-state index in [0.29, 0.717) is 23.5 Å². The predicted molar refractivity (Wildman–Crippen MR) is 88.6 cm³/mol. The van der Waals surface area contributed by atoms with Gasteiger partial charge in [0.1, 0.15) is 11.5 Å². The van der Waals surface area contributed by atoms with Gasteiger partial charge in [0.2, 0.25) is 0 Å². The Hall–Kier alpha value is -2.99. The molecule has 6 heteroatoms. The molecular formula is C18H16FN3O2. The maximum atomic E-state index is 13.8. The molecule has 3 rings (SSSR count). The van der Waals surface area contributed by atoms with Crippen molar-refractivity contribution in [1.82, 2.24) is 9.78 Å². The second kappa shape index (κ2) is 7.06. The van der Waals surface area contributed by atoms with Crippen LogP contribution >= 0.6 is 0 Å². The molecule has 1 heterocycles. The third-order valence-corrected chi connectivity index (χ3v) is 3.50. The standard InChI is InChI=1S/C18H16FN3O2/c1-24-12-13-6-2-3-7-15(13)18(23)21-14-10-20-22(11-14)17-9-5-4-8-16(17)19/h2-11H,12H2,1H3,(H,21,23). The van der Waals surface area contributed by atoms with Crippen molar-refractivity contribution in [2.24, 2.45) is 0 Å². The van der Waals surface area contributed by atoms with Crippen LogP contribution in [-0.4, -0.2) is 22.8 Å². The lowest BCUT2D eigenvalue weighted by molar-refractivity contribution is 0.102. The third-order valence-electron chi connectivity index (χ3n) is 3.50. The lowest BCUT2D eigenvalue weighted by Crippen LogP contribution is -2.14. The van der Waals surface area contributed by atoms with Crippen LogP contribution in [0.25, 0.3) is 5.69 Å². The monoisotopic (exact) mass is 325 g/mol. The van der Waals surface area contributed by atoms with Crippen LogP contribution in [0.2, 0.25) is 0 Å². The number of para-hydroxylation sites is 1. The van der Waals surface area contributed by atoms with Crippen LogP contribution in [0.1, 0.15) is 15.9 Å². The Morgan fingerprint density at radius 3 is 2.75 bits per heavy atom. The number of hydrogen-bond donors (Lipinski definition) is 1. The van der Waals surface area contributed by atoms with Gasteiger partial charge < -0.3 is 10.1 Å². The van der Waals surface area contributed by atoms with Crippen LogP contribution in [0.4, 0.5) is 10.1 Å². The summed E-state index contributed by atoms with van der Waals surface area (Å²) in [6, 6.07) is 13.5. The first-order valence-electron chi connectivity index (χ1n) is 7.37. The van der Waals surface area contributed by atoms with Gasteiger partial charge in [0.05, 0.1) is 24.7 Å². The molecule has 0 aliphatic heterocycles. The highest BCUT2D eigenvalue weighted by Crippen LogP contribution is 2.17. The summed E-state index contributed by atoms with van der Waals surface area (Å²) >= 11 is 0. The van der Waals surface area contributed by atoms with Crippen molar-refractivity contribution in [3.8, 4) is 5.69 Å². The quantitative estimate of drug-likeness (QED) is 0.782. The van der Waals surface area contributed by atoms with E-state index >= 15 is 0 Å². The Bertz CT molecular complexity index is 861. The zero-order valence-corrected chi connectivity index (χ0v) is 13.1. The minimum absolute atomic E-state index is 0.268. The minimum atomic E-state index is -0.385. The van der Waals surface area contributed by atoms with E-state index in [9.17, 15) is 9.18 Å². The molecule has 122 valence electrons. The van der Waals surface area contributed by atoms with Crippen LogP contribution in [0, 0.1) is 5.82 Å². The van der Waals surface area contributed by atoms with Crippen LogP contribution in [0.5, 0.6) is 0 Å². The fraction of sp³-hybridized carbons (Fsp3) is 0.111. The average Bonchev–Trinajstić information content (AvgIpc) is 3.04. The van der Waals surface area contributed by atoms with Gasteiger partial charge in [0, 0.05) is 12.7 Å². The summed E-state index contributed by atoms with van der Waals surface area (Å²) in [6.45, 7) is 0.345. The van der Waals surface area contributed by atoms with Gasteiger partial charge in [-0.15, -0.1) is 0 Å². The first-order valence-corrected chi connectivity index (χ1v) is 7.37. The van der Waals surface area contributed by atoms with E-state index in [4.69, 9.17) is 4.74 Å². The highest BCUT2D eigenvalue weighted by Gasteiger charge is 2.13. The number of anilines is 1. The van der Waals surface area contributed by atoms with Gasteiger partial charge in [-0.3, -0.25) is 4.79 Å². The molecule has 0 radical (unpaired) electrons. The van der Waals surface area contributed by atoms with Crippen LogP contribution < -0.4 is 5.32 Å². The molecule has 0 bridgehead atoms. The maximum Gasteiger partial charge on any atom is 0.256 e. The van der Waals surface area contributed by atoms with Crippen molar-refractivity contribution >= 4 is 11.6 Å². The Kier molecular flexibility index (Phi) is 4.67. The zero-order chi connectivity index (χ0) is 16.9. The van der Waals surface area contributed by atoms with E-state index < -0.39 is 0 Å². The van der Waals surface area contributed by atoms with Crippen molar-refractivity contribution < 1.29 is 13.9 Å². The third kappa shape index (κ3) is 3.33. The molecule has 0 spiro atoms. The fourth-order valence-electron chi connectivity index (χ4n) is 2.38. The van der Waals surface area contributed by atoms with Gasteiger partial charge in [-0.25, -0.2) is 9.07 Å². The van der Waals surface area contributed by atoms with E-state index in [2.05, 4.69) is 10.4 Å². The Labute approximate surface area is 138 Å². The van der Waals surface area contributed by atoms with Crippen molar-refractivity contribution in [1.29, 1.82) is 0 Å². The first kappa shape index (κ1) is 15.9. The molecule has 0 aliphatic rings. The minimum Gasteiger partial charge on any atom is -0.380 e. The van der Waals surface area contributed by atoms with Crippen LogP contribution in [-0.2, 0) is 11.3 Å². The molecular weight excluding hydrogens is 309 g/mol. The normalized spacial score (nSPS) is 10.6. The highest BCUT2D eigenvalue weighted by atomic mass is 19.1. The molecule has 0 saturated carbocycles. The number of carbonyl (C=O) groups excluding carboxylic acids is 1.